The number of carbonyl (C=O) groups is 1. The van der Waals surface area contributed by atoms with Crippen LogP contribution in [0.5, 0.6) is 0 Å². The molecule has 1 saturated carbocycles. The molecule has 2 heterocycles. The zero-order chi connectivity index (χ0) is 14.3. The summed E-state index contributed by atoms with van der Waals surface area (Å²) < 4.78 is 0. The Balaban J connectivity index is 1.96. The quantitative estimate of drug-likeness (QED) is 0.900. The molecule has 1 amide bonds. The number of nitriles is 1. The van der Waals surface area contributed by atoms with Gasteiger partial charge in [-0.25, -0.2) is 4.98 Å². The van der Waals surface area contributed by atoms with E-state index in [4.69, 9.17) is 0 Å². The Bertz CT molecular complexity index is 723. The first kappa shape index (κ1) is 12.6. The minimum atomic E-state index is -0.641. The molecule has 0 aliphatic heterocycles. The predicted octanol–water partition coefficient (Wildman–Crippen LogP) is 1.78. The third-order valence-corrected chi connectivity index (χ3v) is 4.18. The number of amides is 1. The summed E-state index contributed by atoms with van der Waals surface area (Å²) in [7, 11) is 1.69. The van der Waals surface area contributed by atoms with Gasteiger partial charge in [0.15, 0.2) is 5.65 Å². The van der Waals surface area contributed by atoms with Crippen molar-refractivity contribution in [1.29, 1.82) is 5.26 Å². The number of pyridine rings is 1. The van der Waals surface area contributed by atoms with Crippen molar-refractivity contribution in [2.45, 2.75) is 31.7 Å². The normalized spacial score (nSPS) is 16.4. The predicted molar refractivity (Wildman–Crippen MR) is 72.9 cm³/mol. The van der Waals surface area contributed by atoms with Crippen LogP contribution in [0.15, 0.2) is 12.3 Å². The van der Waals surface area contributed by atoms with Crippen LogP contribution in [0.3, 0.4) is 0 Å². The number of aromatic amines is 1. The van der Waals surface area contributed by atoms with E-state index in [-0.39, 0.29) is 5.91 Å². The number of H-pyrrole nitrogens is 1. The summed E-state index contributed by atoms with van der Waals surface area (Å²) in [4.78, 5) is 18.3. The summed E-state index contributed by atoms with van der Waals surface area (Å²) in [5.74, 6) is -0.166. The van der Waals surface area contributed by atoms with Gasteiger partial charge in [-0.2, -0.15) is 10.4 Å². The third kappa shape index (κ3) is 1.67. The molecule has 0 unspecified atom stereocenters. The van der Waals surface area contributed by atoms with Gasteiger partial charge in [-0.05, 0) is 32.3 Å². The minimum absolute atomic E-state index is 0.166. The lowest BCUT2D eigenvalue weighted by Gasteiger charge is -2.42. The molecule has 20 heavy (non-hydrogen) atoms. The van der Waals surface area contributed by atoms with Crippen molar-refractivity contribution in [3.8, 4) is 6.07 Å². The number of rotatable bonds is 2. The highest BCUT2D eigenvalue weighted by Gasteiger charge is 2.43. The van der Waals surface area contributed by atoms with Gasteiger partial charge in [-0.1, -0.05) is 0 Å². The molecule has 0 bridgehead atoms. The van der Waals surface area contributed by atoms with Crippen LogP contribution in [0.1, 0.15) is 35.3 Å². The molecule has 2 aromatic rings. The van der Waals surface area contributed by atoms with Crippen LogP contribution < -0.4 is 0 Å². The number of nitrogens with one attached hydrogen (secondary N) is 1. The van der Waals surface area contributed by atoms with Crippen LogP contribution in [0, 0.1) is 18.3 Å². The first-order valence-corrected chi connectivity index (χ1v) is 6.57. The highest BCUT2D eigenvalue weighted by molar-refractivity contribution is 5.97. The summed E-state index contributed by atoms with van der Waals surface area (Å²) >= 11 is 0. The molecule has 0 spiro atoms. The van der Waals surface area contributed by atoms with Gasteiger partial charge in [0.2, 0.25) is 0 Å². The fourth-order valence-electron chi connectivity index (χ4n) is 2.56. The van der Waals surface area contributed by atoms with E-state index in [1.165, 1.54) is 6.20 Å². The van der Waals surface area contributed by atoms with E-state index in [0.717, 1.165) is 30.3 Å². The summed E-state index contributed by atoms with van der Waals surface area (Å²) in [6.45, 7) is 1.89. The van der Waals surface area contributed by atoms with Gasteiger partial charge in [0.05, 0.1) is 11.6 Å². The van der Waals surface area contributed by atoms with Crippen LogP contribution in [0.2, 0.25) is 0 Å². The maximum Gasteiger partial charge on any atom is 0.256 e. The lowest BCUT2D eigenvalue weighted by Crippen LogP contribution is -2.53. The van der Waals surface area contributed by atoms with Crippen LogP contribution in [-0.4, -0.2) is 38.6 Å². The molecule has 2 aromatic heterocycles. The molecular formula is C14H15N5O. The van der Waals surface area contributed by atoms with Crippen molar-refractivity contribution >= 4 is 16.9 Å². The Labute approximate surface area is 116 Å². The van der Waals surface area contributed by atoms with E-state index in [0.29, 0.717) is 11.2 Å². The van der Waals surface area contributed by atoms with Crippen molar-refractivity contribution in [3.63, 3.8) is 0 Å². The van der Waals surface area contributed by atoms with Gasteiger partial charge in [0.1, 0.15) is 5.54 Å². The van der Waals surface area contributed by atoms with Gasteiger partial charge >= 0.3 is 0 Å². The van der Waals surface area contributed by atoms with E-state index in [1.54, 1.807) is 18.0 Å². The molecule has 6 nitrogen and oxygen atoms in total. The summed E-state index contributed by atoms with van der Waals surface area (Å²) in [5.41, 5.74) is 1.33. The van der Waals surface area contributed by atoms with Crippen LogP contribution in [0.25, 0.3) is 11.0 Å². The lowest BCUT2D eigenvalue weighted by molar-refractivity contribution is 0.0497. The standard InChI is InChI=1S/C14H15N5O/c1-9-11-6-10(7-16-12(11)18-17-9)13(20)19(2)14(8-15)4-3-5-14/h6-7H,3-5H2,1-2H3,(H,16,17,18). The van der Waals surface area contributed by atoms with E-state index in [2.05, 4.69) is 21.3 Å². The number of fused-ring (bicyclic) bond motifs is 1. The first-order chi connectivity index (χ1) is 9.57. The highest BCUT2D eigenvalue weighted by Crippen LogP contribution is 2.37. The van der Waals surface area contributed by atoms with Gasteiger partial charge in [-0.3, -0.25) is 9.89 Å². The van der Waals surface area contributed by atoms with Gasteiger partial charge in [-0.15, -0.1) is 0 Å². The SMILES string of the molecule is Cc1[nH]nc2ncc(C(=O)N(C)C3(C#N)CCC3)cc12. The molecule has 1 N–H and O–H groups in total. The number of hydrogen-bond donors (Lipinski definition) is 1. The summed E-state index contributed by atoms with van der Waals surface area (Å²) in [6, 6.07) is 4.06. The molecule has 1 aliphatic carbocycles. The molecular weight excluding hydrogens is 254 g/mol. The van der Waals surface area contributed by atoms with Gasteiger partial charge in [0, 0.05) is 24.3 Å². The number of aryl methyl sites for hydroxylation is 1. The van der Waals surface area contributed by atoms with Crippen LogP contribution in [-0.2, 0) is 0 Å². The molecule has 0 radical (unpaired) electrons. The average Bonchev–Trinajstić information content (AvgIpc) is 2.78. The number of aromatic nitrogens is 3. The molecule has 6 heteroatoms. The lowest BCUT2D eigenvalue weighted by atomic mass is 9.76. The molecule has 0 saturated heterocycles. The van der Waals surface area contributed by atoms with Gasteiger partial charge < -0.3 is 4.90 Å². The zero-order valence-electron chi connectivity index (χ0n) is 11.5. The summed E-state index contributed by atoms with van der Waals surface area (Å²) in [6.07, 6.45) is 3.99. The van der Waals surface area contributed by atoms with Crippen LogP contribution >= 0.6 is 0 Å². The van der Waals surface area contributed by atoms with Crippen molar-refractivity contribution in [1.82, 2.24) is 20.1 Å². The second-order valence-electron chi connectivity index (χ2n) is 5.30. The van der Waals surface area contributed by atoms with Crippen molar-refractivity contribution in [2.24, 2.45) is 0 Å². The number of carbonyl (C=O) groups excluding carboxylic acids is 1. The largest absolute Gasteiger partial charge is 0.323 e. The van der Waals surface area contributed by atoms with E-state index in [1.807, 2.05) is 6.92 Å². The van der Waals surface area contributed by atoms with Crippen molar-refractivity contribution in [3.05, 3.63) is 23.5 Å². The molecule has 1 fully saturated rings. The Hall–Kier alpha value is -2.42. The Morgan fingerprint density at radius 3 is 2.90 bits per heavy atom. The number of hydrogen-bond acceptors (Lipinski definition) is 4. The average molecular weight is 269 g/mol. The Kier molecular flexibility index (Phi) is 2.71. The topological polar surface area (TPSA) is 85.7 Å². The molecule has 102 valence electrons. The fraction of sp³-hybridized carbons (Fsp3) is 0.429. The van der Waals surface area contributed by atoms with Crippen LogP contribution in [0.4, 0.5) is 0 Å². The minimum Gasteiger partial charge on any atom is -0.323 e. The third-order valence-electron chi connectivity index (χ3n) is 4.18. The zero-order valence-corrected chi connectivity index (χ0v) is 11.5. The van der Waals surface area contributed by atoms with Crippen molar-refractivity contribution < 1.29 is 4.79 Å². The fourth-order valence-corrected chi connectivity index (χ4v) is 2.56. The molecule has 3 rings (SSSR count). The molecule has 0 aromatic carbocycles. The van der Waals surface area contributed by atoms with E-state index >= 15 is 0 Å². The maximum absolute atomic E-state index is 12.5. The second-order valence-corrected chi connectivity index (χ2v) is 5.30. The van der Waals surface area contributed by atoms with Gasteiger partial charge in [0.25, 0.3) is 5.91 Å². The van der Waals surface area contributed by atoms with E-state index < -0.39 is 5.54 Å². The monoisotopic (exact) mass is 269 g/mol. The smallest absolute Gasteiger partial charge is 0.256 e. The summed E-state index contributed by atoms with van der Waals surface area (Å²) in [5, 5.41) is 17.0. The van der Waals surface area contributed by atoms with Crippen molar-refractivity contribution in [2.75, 3.05) is 7.05 Å². The first-order valence-electron chi connectivity index (χ1n) is 6.57. The highest BCUT2D eigenvalue weighted by atomic mass is 16.2. The Morgan fingerprint density at radius 2 is 2.30 bits per heavy atom. The molecule has 1 aliphatic rings. The second kappa shape index (κ2) is 4.30. The van der Waals surface area contributed by atoms with E-state index in [9.17, 15) is 10.1 Å². The number of nitrogens with zero attached hydrogens (tertiary/aromatic N) is 4. The Morgan fingerprint density at radius 1 is 1.55 bits per heavy atom. The maximum atomic E-state index is 12.5. The molecule has 0 atom stereocenters.